The molecule has 0 aromatic carbocycles. The van der Waals surface area contributed by atoms with Crippen LogP contribution in [0, 0.1) is 3.57 Å². The van der Waals surface area contributed by atoms with E-state index in [-0.39, 0.29) is 11.6 Å². The highest BCUT2D eigenvalue weighted by Crippen LogP contribution is 2.27. The number of hydrogen-bond acceptors (Lipinski definition) is 1. The van der Waals surface area contributed by atoms with Crippen LogP contribution in [-0.4, -0.2) is 4.98 Å². The monoisotopic (exact) mass is 381 g/mol. The zero-order valence-corrected chi connectivity index (χ0v) is 10.7. The van der Waals surface area contributed by atoms with Crippen LogP contribution < -0.4 is 0 Å². The first kappa shape index (κ1) is 11.6. The Labute approximate surface area is 101 Å². The SMILES string of the molecule is FC(F)c1cc(Br)c(I)c(CCl)n1. The highest BCUT2D eigenvalue weighted by molar-refractivity contribution is 14.1. The van der Waals surface area contributed by atoms with Crippen LogP contribution in [0.3, 0.4) is 0 Å². The number of alkyl halides is 3. The topological polar surface area (TPSA) is 12.9 Å². The molecule has 1 heterocycles. The minimum absolute atomic E-state index is 0.136. The summed E-state index contributed by atoms with van der Waals surface area (Å²) < 4.78 is 25.9. The van der Waals surface area contributed by atoms with Crippen LogP contribution in [0.15, 0.2) is 10.5 Å². The van der Waals surface area contributed by atoms with Gasteiger partial charge in [-0.3, -0.25) is 0 Å². The van der Waals surface area contributed by atoms with Crippen molar-refractivity contribution in [3.05, 3.63) is 25.5 Å². The lowest BCUT2D eigenvalue weighted by atomic mass is 10.3. The zero-order chi connectivity index (χ0) is 10.0. The second-order valence-corrected chi connectivity index (χ2v) is 4.42. The molecule has 0 saturated carbocycles. The van der Waals surface area contributed by atoms with Gasteiger partial charge >= 0.3 is 0 Å². The highest BCUT2D eigenvalue weighted by Gasteiger charge is 2.14. The Morgan fingerprint density at radius 1 is 1.62 bits per heavy atom. The molecule has 0 aliphatic heterocycles. The summed E-state index contributed by atoms with van der Waals surface area (Å²) in [6.07, 6.45) is -2.56. The van der Waals surface area contributed by atoms with Gasteiger partial charge in [-0.25, -0.2) is 13.8 Å². The minimum atomic E-state index is -2.56. The highest BCUT2D eigenvalue weighted by atomic mass is 127. The number of nitrogens with zero attached hydrogens (tertiary/aromatic N) is 1. The molecule has 0 unspecified atom stereocenters. The van der Waals surface area contributed by atoms with Gasteiger partial charge in [-0.15, -0.1) is 11.6 Å². The van der Waals surface area contributed by atoms with E-state index >= 15 is 0 Å². The van der Waals surface area contributed by atoms with Crippen molar-refractivity contribution in [2.24, 2.45) is 0 Å². The van der Waals surface area contributed by atoms with E-state index in [2.05, 4.69) is 20.9 Å². The predicted molar refractivity (Wildman–Crippen MR) is 59.2 cm³/mol. The molecule has 1 nitrogen and oxygen atoms in total. The fraction of sp³-hybridized carbons (Fsp3) is 0.286. The van der Waals surface area contributed by atoms with Crippen molar-refractivity contribution >= 4 is 50.1 Å². The first-order valence-corrected chi connectivity index (χ1v) is 5.65. The lowest BCUT2D eigenvalue weighted by Gasteiger charge is -2.05. The lowest BCUT2D eigenvalue weighted by molar-refractivity contribution is 0.145. The molecule has 0 amide bonds. The van der Waals surface area contributed by atoms with Gasteiger partial charge in [-0.05, 0) is 44.6 Å². The quantitative estimate of drug-likeness (QED) is 0.554. The summed E-state index contributed by atoms with van der Waals surface area (Å²) in [5.41, 5.74) is 0.231. The Balaban J connectivity index is 3.22. The zero-order valence-electron chi connectivity index (χ0n) is 6.20. The van der Waals surface area contributed by atoms with Gasteiger partial charge in [0.2, 0.25) is 0 Å². The van der Waals surface area contributed by atoms with Crippen LogP contribution in [0.4, 0.5) is 8.78 Å². The Hall–Kier alpha value is 0.510. The molecule has 1 rings (SSSR count). The van der Waals surface area contributed by atoms with Crippen molar-refractivity contribution in [2.75, 3.05) is 0 Å². The van der Waals surface area contributed by atoms with Gasteiger partial charge in [0.05, 0.1) is 15.1 Å². The third kappa shape index (κ3) is 2.73. The Morgan fingerprint density at radius 2 is 2.23 bits per heavy atom. The first-order valence-electron chi connectivity index (χ1n) is 3.25. The second-order valence-electron chi connectivity index (χ2n) is 2.22. The van der Waals surface area contributed by atoms with Crippen LogP contribution in [0.2, 0.25) is 0 Å². The number of halogens is 5. The molecule has 0 spiro atoms. The summed E-state index contributed by atoms with van der Waals surface area (Å²) in [4.78, 5) is 3.73. The fourth-order valence-electron chi connectivity index (χ4n) is 0.769. The Bertz CT molecular complexity index is 322. The third-order valence-corrected chi connectivity index (χ3v) is 4.18. The lowest BCUT2D eigenvalue weighted by Crippen LogP contribution is -1.98. The van der Waals surface area contributed by atoms with E-state index in [1.807, 2.05) is 22.6 Å². The molecule has 72 valence electrons. The number of pyridine rings is 1. The summed E-state index contributed by atoms with van der Waals surface area (Å²) in [5, 5.41) is 0. The molecule has 0 saturated heterocycles. The molecule has 0 bridgehead atoms. The van der Waals surface area contributed by atoms with Crippen molar-refractivity contribution in [1.82, 2.24) is 4.98 Å². The van der Waals surface area contributed by atoms with E-state index < -0.39 is 6.43 Å². The number of hydrogen-bond donors (Lipinski definition) is 0. The Morgan fingerprint density at radius 3 is 2.69 bits per heavy atom. The molecule has 0 radical (unpaired) electrons. The molecule has 6 heteroatoms. The van der Waals surface area contributed by atoms with Gasteiger partial charge in [0.15, 0.2) is 0 Å². The smallest absolute Gasteiger partial charge is 0.249 e. The number of rotatable bonds is 2. The van der Waals surface area contributed by atoms with Crippen molar-refractivity contribution < 1.29 is 8.78 Å². The third-order valence-electron chi connectivity index (χ3n) is 1.35. The van der Waals surface area contributed by atoms with E-state index in [9.17, 15) is 8.78 Å². The van der Waals surface area contributed by atoms with E-state index in [4.69, 9.17) is 11.6 Å². The van der Waals surface area contributed by atoms with Crippen LogP contribution in [0.1, 0.15) is 17.8 Å². The average Bonchev–Trinajstić information content (AvgIpc) is 2.09. The molecule has 0 fully saturated rings. The molecular formula is C7H4BrClF2IN. The molecule has 1 aromatic rings. The van der Waals surface area contributed by atoms with Crippen molar-refractivity contribution in [2.45, 2.75) is 12.3 Å². The van der Waals surface area contributed by atoms with Crippen LogP contribution in [0.25, 0.3) is 0 Å². The van der Waals surface area contributed by atoms with Crippen molar-refractivity contribution in [1.29, 1.82) is 0 Å². The normalized spacial score (nSPS) is 10.9. The predicted octanol–water partition coefficient (Wildman–Crippen LogP) is 4.13. The Kier molecular flexibility index (Phi) is 4.31. The van der Waals surface area contributed by atoms with E-state index in [0.29, 0.717) is 10.2 Å². The number of aromatic nitrogens is 1. The summed E-state index contributed by atoms with van der Waals surface area (Å²) in [7, 11) is 0. The standard InChI is InChI=1S/C7H4BrClF2IN/c8-3-1-4(7(10)11)13-5(2-9)6(3)12/h1,7H,2H2. The molecule has 0 atom stereocenters. The van der Waals surface area contributed by atoms with E-state index in [1.165, 1.54) is 6.07 Å². The van der Waals surface area contributed by atoms with E-state index in [1.54, 1.807) is 0 Å². The maximum atomic E-state index is 12.3. The molecule has 0 aliphatic rings. The molecule has 0 aliphatic carbocycles. The van der Waals surface area contributed by atoms with Crippen molar-refractivity contribution in [3.63, 3.8) is 0 Å². The van der Waals surface area contributed by atoms with Crippen LogP contribution >= 0.6 is 50.1 Å². The largest absolute Gasteiger partial charge is 0.280 e. The molecule has 13 heavy (non-hydrogen) atoms. The second kappa shape index (κ2) is 4.84. The van der Waals surface area contributed by atoms with Crippen molar-refractivity contribution in [3.8, 4) is 0 Å². The van der Waals surface area contributed by atoms with Gasteiger partial charge in [0.25, 0.3) is 6.43 Å². The van der Waals surface area contributed by atoms with Gasteiger partial charge in [-0.2, -0.15) is 0 Å². The maximum absolute atomic E-state index is 12.3. The van der Waals surface area contributed by atoms with Gasteiger partial charge in [-0.1, -0.05) is 0 Å². The fourth-order valence-corrected chi connectivity index (χ4v) is 2.12. The molecular weight excluding hydrogens is 378 g/mol. The molecule has 1 aromatic heterocycles. The van der Waals surface area contributed by atoms with Crippen LogP contribution in [0.5, 0.6) is 0 Å². The summed E-state index contributed by atoms with van der Waals surface area (Å²) in [6.45, 7) is 0. The first-order chi connectivity index (χ1) is 6.06. The van der Waals surface area contributed by atoms with Gasteiger partial charge < -0.3 is 0 Å². The van der Waals surface area contributed by atoms with Gasteiger partial charge in [0.1, 0.15) is 5.69 Å². The molecule has 0 N–H and O–H groups in total. The summed E-state index contributed by atoms with van der Waals surface area (Å²) in [6, 6.07) is 1.31. The van der Waals surface area contributed by atoms with E-state index in [0.717, 1.165) is 3.57 Å². The minimum Gasteiger partial charge on any atom is -0.249 e. The van der Waals surface area contributed by atoms with Gasteiger partial charge in [0, 0.05) is 4.47 Å². The maximum Gasteiger partial charge on any atom is 0.280 e. The summed E-state index contributed by atoms with van der Waals surface area (Å²) in [5.74, 6) is 0.136. The average molecular weight is 382 g/mol. The van der Waals surface area contributed by atoms with Crippen LogP contribution in [-0.2, 0) is 5.88 Å². The summed E-state index contributed by atoms with van der Waals surface area (Å²) >= 11 is 10.7.